The molecular weight excluding hydrogens is 216 g/mol. The van der Waals surface area contributed by atoms with E-state index >= 15 is 0 Å². The molecule has 0 fully saturated rings. The summed E-state index contributed by atoms with van der Waals surface area (Å²) in [6, 6.07) is 5.20. The Morgan fingerprint density at radius 2 is 1.83 bits per heavy atom. The summed E-state index contributed by atoms with van der Waals surface area (Å²) in [5, 5.41) is 0. The molecule has 66 valence electrons. The van der Waals surface area contributed by atoms with Crippen LogP contribution in [0.1, 0.15) is 11.1 Å². The number of alkyl halides is 3. The molecule has 0 unspecified atom stereocenters. The highest BCUT2D eigenvalue weighted by Crippen LogP contribution is 2.38. The minimum absolute atomic E-state index is 0.638. The predicted molar refractivity (Wildman–Crippen MR) is 54.8 cm³/mol. The molecule has 2 N–H and O–H groups in total. The fourth-order valence-corrected chi connectivity index (χ4v) is 1.20. The van der Waals surface area contributed by atoms with Gasteiger partial charge >= 0.3 is 0 Å². The van der Waals surface area contributed by atoms with Crippen LogP contribution in [-0.2, 0) is 3.79 Å². The minimum atomic E-state index is -1.36. The SMILES string of the molecule is Cc1cc(C(Cl)(Cl)Cl)ccc1N. The van der Waals surface area contributed by atoms with Crippen LogP contribution in [-0.4, -0.2) is 0 Å². The van der Waals surface area contributed by atoms with Crippen LogP contribution < -0.4 is 5.73 Å². The zero-order chi connectivity index (χ0) is 9.35. The fraction of sp³-hybridized carbons (Fsp3) is 0.250. The van der Waals surface area contributed by atoms with Gasteiger partial charge in [0.2, 0.25) is 3.79 Å². The van der Waals surface area contributed by atoms with Crippen molar-refractivity contribution in [2.45, 2.75) is 10.7 Å². The lowest BCUT2D eigenvalue weighted by atomic mass is 10.1. The number of nitrogen functional groups attached to an aromatic ring is 1. The Morgan fingerprint density at radius 3 is 2.25 bits per heavy atom. The number of halogens is 3. The van der Waals surface area contributed by atoms with Crippen LogP contribution in [0.5, 0.6) is 0 Å². The zero-order valence-corrected chi connectivity index (χ0v) is 8.71. The molecule has 0 saturated heterocycles. The Balaban J connectivity index is 3.14. The van der Waals surface area contributed by atoms with Gasteiger partial charge in [-0.25, -0.2) is 0 Å². The van der Waals surface area contributed by atoms with Crippen molar-refractivity contribution in [1.29, 1.82) is 0 Å². The summed E-state index contributed by atoms with van der Waals surface area (Å²) >= 11 is 17.0. The van der Waals surface area contributed by atoms with Crippen molar-refractivity contribution < 1.29 is 0 Å². The van der Waals surface area contributed by atoms with Gasteiger partial charge in [0, 0.05) is 11.3 Å². The summed E-state index contributed by atoms with van der Waals surface area (Å²) in [5.41, 5.74) is 7.86. The average Bonchev–Trinajstić information content (AvgIpc) is 1.92. The third kappa shape index (κ3) is 2.19. The van der Waals surface area contributed by atoms with E-state index in [0.29, 0.717) is 11.3 Å². The normalized spacial score (nSPS) is 11.7. The zero-order valence-electron chi connectivity index (χ0n) is 6.44. The molecule has 4 heteroatoms. The maximum absolute atomic E-state index is 5.67. The Kier molecular flexibility index (Phi) is 2.77. The highest BCUT2D eigenvalue weighted by molar-refractivity contribution is 6.66. The molecule has 0 aliphatic rings. The van der Waals surface area contributed by atoms with E-state index in [1.807, 2.05) is 6.92 Å². The van der Waals surface area contributed by atoms with Gasteiger partial charge in [-0.1, -0.05) is 40.9 Å². The first-order valence-electron chi connectivity index (χ1n) is 3.34. The van der Waals surface area contributed by atoms with Gasteiger partial charge in [-0.05, 0) is 24.6 Å². The van der Waals surface area contributed by atoms with Gasteiger partial charge in [0.1, 0.15) is 0 Å². The Hall–Kier alpha value is -0.110. The van der Waals surface area contributed by atoms with Gasteiger partial charge in [0.25, 0.3) is 0 Å². The summed E-state index contributed by atoms with van der Waals surface area (Å²) in [7, 11) is 0. The molecule has 0 bridgehead atoms. The van der Waals surface area contributed by atoms with Crippen LogP contribution in [0.2, 0.25) is 0 Å². The smallest absolute Gasteiger partial charge is 0.216 e. The van der Waals surface area contributed by atoms with Crippen molar-refractivity contribution in [1.82, 2.24) is 0 Å². The summed E-state index contributed by atoms with van der Waals surface area (Å²) in [5.74, 6) is 0. The van der Waals surface area contributed by atoms with Crippen molar-refractivity contribution in [2.24, 2.45) is 0 Å². The molecule has 1 aromatic rings. The topological polar surface area (TPSA) is 26.0 Å². The highest BCUT2D eigenvalue weighted by Gasteiger charge is 2.22. The van der Waals surface area contributed by atoms with E-state index in [1.54, 1.807) is 18.2 Å². The molecule has 0 spiro atoms. The molecule has 1 rings (SSSR count). The maximum Gasteiger partial charge on any atom is 0.216 e. The molecular formula is C8H8Cl3N. The summed E-state index contributed by atoms with van der Waals surface area (Å²) in [6.45, 7) is 1.87. The van der Waals surface area contributed by atoms with Crippen molar-refractivity contribution >= 4 is 40.5 Å². The van der Waals surface area contributed by atoms with Crippen LogP contribution in [0.15, 0.2) is 18.2 Å². The van der Waals surface area contributed by atoms with Gasteiger partial charge in [-0.2, -0.15) is 0 Å². The quantitative estimate of drug-likeness (QED) is 0.530. The van der Waals surface area contributed by atoms with E-state index in [4.69, 9.17) is 40.5 Å². The Labute approximate surface area is 86.4 Å². The summed E-state index contributed by atoms with van der Waals surface area (Å²) in [6.07, 6.45) is 0. The number of rotatable bonds is 0. The lowest BCUT2D eigenvalue weighted by Gasteiger charge is -2.12. The highest BCUT2D eigenvalue weighted by atomic mass is 35.6. The second-order valence-electron chi connectivity index (χ2n) is 2.57. The van der Waals surface area contributed by atoms with Gasteiger partial charge < -0.3 is 5.73 Å². The van der Waals surface area contributed by atoms with Crippen LogP contribution >= 0.6 is 34.8 Å². The third-order valence-corrected chi connectivity index (χ3v) is 2.25. The number of hydrogen-bond acceptors (Lipinski definition) is 1. The maximum atomic E-state index is 5.67. The second-order valence-corrected chi connectivity index (χ2v) is 4.85. The number of nitrogens with two attached hydrogens (primary N) is 1. The van der Waals surface area contributed by atoms with Crippen LogP contribution in [0.25, 0.3) is 0 Å². The van der Waals surface area contributed by atoms with Gasteiger partial charge in [0.15, 0.2) is 0 Å². The van der Waals surface area contributed by atoms with Crippen LogP contribution in [0.4, 0.5) is 5.69 Å². The third-order valence-electron chi connectivity index (χ3n) is 1.60. The molecule has 1 aromatic carbocycles. The molecule has 0 aliphatic carbocycles. The monoisotopic (exact) mass is 223 g/mol. The Bertz CT molecular complexity index is 291. The van der Waals surface area contributed by atoms with Crippen molar-refractivity contribution in [3.8, 4) is 0 Å². The standard InChI is InChI=1S/C8H8Cl3N/c1-5-4-6(8(9,10)11)2-3-7(5)12/h2-4H,12H2,1H3. The molecule has 0 heterocycles. The molecule has 0 amide bonds. The molecule has 0 aliphatic heterocycles. The first kappa shape index (κ1) is 9.97. The van der Waals surface area contributed by atoms with Crippen molar-refractivity contribution in [3.05, 3.63) is 29.3 Å². The van der Waals surface area contributed by atoms with Crippen LogP contribution in [0.3, 0.4) is 0 Å². The van der Waals surface area contributed by atoms with E-state index in [1.165, 1.54) is 0 Å². The number of aryl methyl sites for hydroxylation is 1. The summed E-state index contributed by atoms with van der Waals surface area (Å²) in [4.78, 5) is 0. The number of hydrogen-bond donors (Lipinski definition) is 1. The minimum Gasteiger partial charge on any atom is -0.399 e. The van der Waals surface area contributed by atoms with Crippen LogP contribution in [0, 0.1) is 6.92 Å². The second kappa shape index (κ2) is 3.33. The van der Waals surface area contributed by atoms with E-state index in [-0.39, 0.29) is 0 Å². The number of benzene rings is 1. The van der Waals surface area contributed by atoms with Crippen molar-refractivity contribution in [2.75, 3.05) is 5.73 Å². The molecule has 0 radical (unpaired) electrons. The fourth-order valence-electron chi connectivity index (χ4n) is 0.852. The first-order chi connectivity index (χ1) is 5.41. The lowest BCUT2D eigenvalue weighted by molar-refractivity contribution is 1.22. The van der Waals surface area contributed by atoms with E-state index in [9.17, 15) is 0 Å². The molecule has 12 heavy (non-hydrogen) atoms. The Morgan fingerprint density at radius 1 is 1.25 bits per heavy atom. The van der Waals surface area contributed by atoms with Gasteiger partial charge in [-0.15, -0.1) is 0 Å². The van der Waals surface area contributed by atoms with Gasteiger partial charge in [-0.3, -0.25) is 0 Å². The predicted octanol–water partition coefficient (Wildman–Crippen LogP) is 3.40. The lowest BCUT2D eigenvalue weighted by Crippen LogP contribution is -2.01. The van der Waals surface area contributed by atoms with Gasteiger partial charge in [0.05, 0.1) is 0 Å². The molecule has 0 saturated carbocycles. The summed E-state index contributed by atoms with van der Waals surface area (Å²) < 4.78 is -1.36. The van der Waals surface area contributed by atoms with Crippen molar-refractivity contribution in [3.63, 3.8) is 0 Å². The molecule has 0 atom stereocenters. The first-order valence-corrected chi connectivity index (χ1v) is 4.48. The number of anilines is 1. The molecule has 1 nitrogen and oxygen atoms in total. The molecule has 0 aromatic heterocycles. The largest absolute Gasteiger partial charge is 0.399 e. The van der Waals surface area contributed by atoms with E-state index in [2.05, 4.69) is 0 Å². The van der Waals surface area contributed by atoms with E-state index in [0.717, 1.165) is 5.56 Å². The van der Waals surface area contributed by atoms with E-state index < -0.39 is 3.79 Å². The average molecular weight is 225 g/mol.